The molecule has 1 N–H and O–H groups in total. The average Bonchev–Trinajstić information content (AvgIpc) is 2.73. The molecule has 0 bridgehead atoms. The molecule has 2 aliphatic heterocycles. The van der Waals surface area contributed by atoms with Gasteiger partial charge in [-0.3, -0.25) is 4.90 Å². The number of hydrogen-bond donors (Lipinski definition) is 1. The van der Waals surface area contributed by atoms with Gasteiger partial charge in [0.25, 0.3) is 0 Å². The Balaban J connectivity index is 2.06. The van der Waals surface area contributed by atoms with E-state index in [0.717, 1.165) is 19.4 Å². The Hall–Kier alpha value is -0.660. The summed E-state index contributed by atoms with van der Waals surface area (Å²) in [4.78, 5) is 12.9. The van der Waals surface area contributed by atoms with Crippen molar-refractivity contribution in [3.05, 3.63) is 0 Å². The van der Waals surface area contributed by atoms with Gasteiger partial charge in [-0.2, -0.15) is 18.1 Å². The standard InChI is InChI=1S/C10H16F3N3O/c11-10(12,13)16-5-4-15(9(16)7-17)8-2-1-3-14-6-8/h7-9,14H,1-6H2. The minimum Gasteiger partial charge on any atom is -0.315 e. The van der Waals surface area contributed by atoms with Crippen molar-refractivity contribution in [1.29, 1.82) is 0 Å². The molecule has 0 aromatic rings. The summed E-state index contributed by atoms with van der Waals surface area (Å²) in [5.74, 6) is 0. The third-order valence-corrected chi connectivity index (χ3v) is 3.45. The largest absolute Gasteiger partial charge is 0.461 e. The Labute approximate surface area is 97.7 Å². The van der Waals surface area contributed by atoms with Gasteiger partial charge in [0.1, 0.15) is 6.17 Å². The number of piperidine rings is 1. The molecule has 0 radical (unpaired) electrons. The van der Waals surface area contributed by atoms with Crippen molar-refractivity contribution in [3.63, 3.8) is 0 Å². The summed E-state index contributed by atoms with van der Waals surface area (Å²) in [6.07, 6.45) is -3.39. The summed E-state index contributed by atoms with van der Waals surface area (Å²) in [6.45, 7) is 1.74. The van der Waals surface area contributed by atoms with E-state index in [-0.39, 0.29) is 12.6 Å². The van der Waals surface area contributed by atoms with Gasteiger partial charge in [0.2, 0.25) is 0 Å². The van der Waals surface area contributed by atoms with E-state index in [1.165, 1.54) is 0 Å². The minimum atomic E-state index is -4.43. The SMILES string of the molecule is O=CC1N(C2CCCNC2)CCN1C(F)(F)F. The van der Waals surface area contributed by atoms with Crippen molar-refractivity contribution in [2.75, 3.05) is 26.2 Å². The fraction of sp³-hybridized carbons (Fsp3) is 0.900. The summed E-state index contributed by atoms with van der Waals surface area (Å²) in [6, 6.07) is 0.0336. The second-order valence-electron chi connectivity index (χ2n) is 4.45. The topological polar surface area (TPSA) is 35.6 Å². The maximum Gasteiger partial charge on any atom is 0.461 e. The number of aldehydes is 1. The highest BCUT2D eigenvalue weighted by molar-refractivity contribution is 5.57. The van der Waals surface area contributed by atoms with Crippen LogP contribution in [-0.2, 0) is 4.79 Å². The molecule has 0 spiro atoms. The van der Waals surface area contributed by atoms with E-state index in [9.17, 15) is 18.0 Å². The number of carbonyl (C=O) groups is 1. The molecule has 2 fully saturated rings. The van der Waals surface area contributed by atoms with Gasteiger partial charge in [-0.05, 0) is 19.4 Å². The lowest BCUT2D eigenvalue weighted by Gasteiger charge is -2.35. The van der Waals surface area contributed by atoms with Crippen molar-refractivity contribution in [1.82, 2.24) is 15.1 Å². The molecule has 0 aromatic heterocycles. The van der Waals surface area contributed by atoms with Crippen LogP contribution in [0, 0.1) is 0 Å². The van der Waals surface area contributed by atoms with E-state index in [2.05, 4.69) is 5.32 Å². The van der Waals surface area contributed by atoms with Gasteiger partial charge in [-0.25, -0.2) is 0 Å². The maximum atomic E-state index is 12.7. The summed E-state index contributed by atoms with van der Waals surface area (Å²) >= 11 is 0. The zero-order valence-electron chi connectivity index (χ0n) is 9.41. The van der Waals surface area contributed by atoms with Crippen molar-refractivity contribution in [2.24, 2.45) is 0 Å². The van der Waals surface area contributed by atoms with Crippen LogP contribution in [0.3, 0.4) is 0 Å². The van der Waals surface area contributed by atoms with E-state index >= 15 is 0 Å². The van der Waals surface area contributed by atoms with E-state index < -0.39 is 12.5 Å². The van der Waals surface area contributed by atoms with Crippen LogP contribution in [0.25, 0.3) is 0 Å². The number of alkyl halides is 3. The summed E-state index contributed by atoms with van der Waals surface area (Å²) in [7, 11) is 0. The molecular weight excluding hydrogens is 235 g/mol. The Morgan fingerprint density at radius 1 is 1.29 bits per heavy atom. The number of hydrogen-bond acceptors (Lipinski definition) is 4. The third-order valence-electron chi connectivity index (χ3n) is 3.45. The van der Waals surface area contributed by atoms with Crippen molar-refractivity contribution in [2.45, 2.75) is 31.3 Å². The molecule has 2 saturated heterocycles. The normalized spacial score (nSPS) is 32.9. The maximum absolute atomic E-state index is 12.7. The van der Waals surface area contributed by atoms with Crippen molar-refractivity contribution in [3.8, 4) is 0 Å². The zero-order valence-corrected chi connectivity index (χ0v) is 9.41. The van der Waals surface area contributed by atoms with E-state index in [0.29, 0.717) is 24.3 Å². The van der Waals surface area contributed by atoms with Crippen LogP contribution in [0.1, 0.15) is 12.8 Å². The van der Waals surface area contributed by atoms with Crippen LogP contribution >= 0.6 is 0 Å². The molecule has 2 heterocycles. The van der Waals surface area contributed by atoms with Crippen LogP contribution in [0.15, 0.2) is 0 Å². The fourth-order valence-corrected chi connectivity index (χ4v) is 2.61. The smallest absolute Gasteiger partial charge is 0.315 e. The van der Waals surface area contributed by atoms with E-state index in [1.807, 2.05) is 0 Å². The minimum absolute atomic E-state index is 0.0336. The van der Waals surface area contributed by atoms with Crippen LogP contribution in [0.2, 0.25) is 0 Å². The lowest BCUT2D eigenvalue weighted by Crippen LogP contribution is -2.53. The second kappa shape index (κ2) is 4.91. The molecule has 0 aromatic carbocycles. The van der Waals surface area contributed by atoms with Crippen molar-refractivity contribution >= 4 is 6.29 Å². The van der Waals surface area contributed by atoms with Gasteiger partial charge in [0.15, 0.2) is 6.29 Å². The molecular formula is C10H16F3N3O. The highest BCUT2D eigenvalue weighted by atomic mass is 19.4. The molecule has 0 saturated carbocycles. The van der Waals surface area contributed by atoms with Crippen LogP contribution in [0.4, 0.5) is 13.2 Å². The monoisotopic (exact) mass is 251 g/mol. The predicted octanol–water partition coefficient (Wildman–Crippen LogP) is 0.401. The predicted molar refractivity (Wildman–Crippen MR) is 55.2 cm³/mol. The number of rotatable bonds is 2. The van der Waals surface area contributed by atoms with Crippen LogP contribution in [-0.4, -0.2) is 60.8 Å². The van der Waals surface area contributed by atoms with Crippen LogP contribution in [0.5, 0.6) is 0 Å². The highest BCUT2D eigenvalue weighted by Gasteiger charge is 2.49. The Kier molecular flexibility index (Phi) is 3.70. The first kappa shape index (κ1) is 12.8. The fourth-order valence-electron chi connectivity index (χ4n) is 2.61. The summed E-state index contributed by atoms with van der Waals surface area (Å²) in [5, 5.41) is 3.15. The lowest BCUT2D eigenvalue weighted by molar-refractivity contribution is -0.253. The molecule has 2 unspecified atom stereocenters. The number of nitrogens with one attached hydrogen (secondary N) is 1. The number of nitrogens with zero attached hydrogens (tertiary/aromatic N) is 2. The number of halogens is 3. The first-order valence-electron chi connectivity index (χ1n) is 5.79. The van der Waals surface area contributed by atoms with Gasteiger partial charge < -0.3 is 10.1 Å². The quantitative estimate of drug-likeness (QED) is 0.569. The van der Waals surface area contributed by atoms with Gasteiger partial charge in [-0.15, -0.1) is 0 Å². The van der Waals surface area contributed by atoms with E-state index in [1.54, 1.807) is 4.90 Å². The first-order chi connectivity index (χ1) is 8.04. The van der Waals surface area contributed by atoms with Gasteiger partial charge in [0, 0.05) is 25.7 Å². The molecule has 2 atom stereocenters. The van der Waals surface area contributed by atoms with Crippen LogP contribution < -0.4 is 5.32 Å². The lowest BCUT2D eigenvalue weighted by atomic mass is 10.1. The number of carbonyl (C=O) groups excluding carboxylic acids is 1. The third kappa shape index (κ3) is 2.61. The molecule has 4 nitrogen and oxygen atoms in total. The van der Waals surface area contributed by atoms with E-state index in [4.69, 9.17) is 0 Å². The van der Waals surface area contributed by atoms with Crippen molar-refractivity contribution < 1.29 is 18.0 Å². The molecule has 2 rings (SSSR count). The molecule has 0 amide bonds. The molecule has 2 aliphatic rings. The average molecular weight is 251 g/mol. The highest BCUT2D eigenvalue weighted by Crippen LogP contribution is 2.30. The molecule has 17 heavy (non-hydrogen) atoms. The molecule has 0 aliphatic carbocycles. The Morgan fingerprint density at radius 3 is 2.59 bits per heavy atom. The van der Waals surface area contributed by atoms with Gasteiger partial charge >= 0.3 is 6.30 Å². The second-order valence-corrected chi connectivity index (χ2v) is 4.45. The summed E-state index contributed by atoms with van der Waals surface area (Å²) in [5.41, 5.74) is 0. The Morgan fingerprint density at radius 2 is 2.06 bits per heavy atom. The molecule has 7 heteroatoms. The first-order valence-corrected chi connectivity index (χ1v) is 5.79. The van der Waals surface area contributed by atoms with Gasteiger partial charge in [0.05, 0.1) is 0 Å². The zero-order chi connectivity index (χ0) is 12.5. The molecule has 98 valence electrons. The Bertz CT molecular complexity index is 278. The summed E-state index contributed by atoms with van der Waals surface area (Å²) < 4.78 is 38.0. The van der Waals surface area contributed by atoms with Gasteiger partial charge in [-0.1, -0.05) is 0 Å².